The molecule has 1 aliphatic rings. The number of ketones is 1. The van der Waals surface area contributed by atoms with Crippen LogP contribution in [0.3, 0.4) is 0 Å². The van der Waals surface area contributed by atoms with Crippen LogP contribution in [0, 0.1) is 5.92 Å². The first kappa shape index (κ1) is 24.9. The number of halogens is 3. The van der Waals surface area contributed by atoms with Crippen LogP contribution in [-0.4, -0.2) is 58.5 Å². The summed E-state index contributed by atoms with van der Waals surface area (Å²) in [6.07, 6.45) is 1.25. The van der Waals surface area contributed by atoms with Crippen LogP contribution in [0.2, 0.25) is 0 Å². The molecule has 1 N–H and O–H groups in total. The zero-order valence-electron chi connectivity index (χ0n) is 18.3. The van der Waals surface area contributed by atoms with Crippen molar-refractivity contribution in [3.8, 4) is 0 Å². The third-order valence-electron chi connectivity index (χ3n) is 5.30. The van der Waals surface area contributed by atoms with Gasteiger partial charge in [-0.15, -0.1) is 0 Å². The van der Waals surface area contributed by atoms with Crippen molar-refractivity contribution in [3.63, 3.8) is 0 Å². The van der Waals surface area contributed by atoms with Crippen LogP contribution in [0.1, 0.15) is 43.0 Å². The van der Waals surface area contributed by atoms with Crippen molar-refractivity contribution in [1.82, 2.24) is 9.55 Å². The number of hydrogen-bond acceptors (Lipinski definition) is 5. The molecule has 7 nitrogen and oxygen atoms in total. The van der Waals surface area contributed by atoms with Gasteiger partial charge in [0.2, 0.25) is 0 Å². The second kappa shape index (κ2) is 10.9. The number of fused-ring (bicyclic) bond motifs is 1. The van der Waals surface area contributed by atoms with E-state index in [1.807, 2.05) is 22.9 Å². The fourth-order valence-electron chi connectivity index (χ4n) is 3.38. The summed E-state index contributed by atoms with van der Waals surface area (Å²) in [5.41, 5.74) is 3.14. The van der Waals surface area contributed by atoms with E-state index in [0.717, 1.165) is 29.4 Å². The molecular weight excluding hydrogens is 441 g/mol. The molecule has 1 atom stereocenters. The lowest BCUT2D eigenvalue weighted by atomic mass is 10.1. The van der Waals surface area contributed by atoms with Crippen molar-refractivity contribution in [2.75, 3.05) is 19.8 Å². The lowest BCUT2D eigenvalue weighted by Crippen LogP contribution is -2.29. The van der Waals surface area contributed by atoms with E-state index in [1.54, 1.807) is 19.2 Å². The minimum atomic E-state index is -4.57. The maximum Gasteiger partial charge on any atom is 0.411 e. The number of carboxylic acid groups (broad SMARTS) is 1. The van der Waals surface area contributed by atoms with Crippen molar-refractivity contribution in [3.05, 3.63) is 41.7 Å². The molecule has 0 spiro atoms. The zero-order chi connectivity index (χ0) is 24.0. The van der Waals surface area contributed by atoms with Gasteiger partial charge in [0.1, 0.15) is 6.61 Å². The normalized spacial score (nSPS) is 15.7. The van der Waals surface area contributed by atoms with E-state index in [4.69, 9.17) is 9.84 Å². The smallest absolute Gasteiger partial charge is 0.411 e. The molecule has 2 aromatic heterocycles. The van der Waals surface area contributed by atoms with E-state index in [2.05, 4.69) is 9.72 Å². The molecule has 1 fully saturated rings. The van der Waals surface area contributed by atoms with Gasteiger partial charge in [0.25, 0.3) is 0 Å². The van der Waals surface area contributed by atoms with Crippen LogP contribution >= 0.6 is 0 Å². The van der Waals surface area contributed by atoms with Crippen LogP contribution < -0.4 is 0 Å². The van der Waals surface area contributed by atoms with Crippen molar-refractivity contribution < 1.29 is 37.3 Å². The summed E-state index contributed by atoms with van der Waals surface area (Å²) in [7, 11) is 0. The fourth-order valence-corrected chi connectivity index (χ4v) is 3.38. The van der Waals surface area contributed by atoms with Gasteiger partial charge in [0.15, 0.2) is 11.9 Å². The number of hydrogen-bond donors (Lipinski definition) is 1. The molecule has 2 aromatic rings. The highest BCUT2D eigenvalue weighted by molar-refractivity contribution is 6.01. The molecule has 33 heavy (non-hydrogen) atoms. The lowest BCUT2D eigenvalue weighted by Gasteiger charge is -2.14. The van der Waals surface area contributed by atoms with E-state index in [1.165, 1.54) is 0 Å². The van der Waals surface area contributed by atoms with E-state index in [-0.39, 0.29) is 24.5 Å². The maximum absolute atomic E-state index is 12.3. The highest BCUT2D eigenvalue weighted by atomic mass is 19.4. The van der Waals surface area contributed by atoms with Crippen LogP contribution in [0.25, 0.3) is 11.0 Å². The monoisotopic (exact) mass is 468 g/mol. The average molecular weight is 468 g/mol. The van der Waals surface area contributed by atoms with Gasteiger partial charge in [-0.2, -0.15) is 13.2 Å². The van der Waals surface area contributed by atoms with Crippen LogP contribution in [0.5, 0.6) is 0 Å². The Morgan fingerprint density at radius 1 is 1.36 bits per heavy atom. The van der Waals surface area contributed by atoms with Gasteiger partial charge in [0.05, 0.1) is 24.2 Å². The number of rotatable bonds is 13. The molecule has 10 heteroatoms. The molecule has 0 radical (unpaired) electrons. The molecule has 3 rings (SSSR count). The summed E-state index contributed by atoms with van der Waals surface area (Å²) < 4.78 is 48.7. The predicted molar refractivity (Wildman–Crippen MR) is 114 cm³/mol. The van der Waals surface area contributed by atoms with E-state index >= 15 is 0 Å². The number of pyridine rings is 1. The van der Waals surface area contributed by atoms with Crippen molar-refractivity contribution in [2.45, 2.75) is 51.4 Å². The third-order valence-corrected chi connectivity index (χ3v) is 5.30. The maximum atomic E-state index is 12.3. The molecule has 1 saturated carbocycles. The number of Topliss-reactive ketones (excluding diaryl/α,β-unsaturated/α-hetero) is 1. The number of aliphatic carboxylic acids is 1. The van der Waals surface area contributed by atoms with E-state index in [9.17, 15) is 22.8 Å². The number of carbonyl (C=O) groups excluding carboxylic acids is 1. The second-order valence-electron chi connectivity index (χ2n) is 8.21. The predicted octanol–water partition coefficient (Wildman–Crippen LogP) is 4.40. The quantitative estimate of drug-likeness (QED) is 0.266. The average Bonchev–Trinajstić information content (AvgIpc) is 3.52. The molecule has 0 bridgehead atoms. The second-order valence-corrected chi connectivity index (χ2v) is 8.21. The summed E-state index contributed by atoms with van der Waals surface area (Å²) in [5, 5.41) is 8.99. The highest BCUT2D eigenvalue weighted by Gasteiger charge is 2.31. The Kier molecular flexibility index (Phi) is 8.25. The van der Waals surface area contributed by atoms with Crippen LogP contribution in [-0.2, 0) is 20.8 Å². The Labute approximate surface area is 189 Å². The number of allylic oxidation sites excluding steroid dienone is 1. The summed E-state index contributed by atoms with van der Waals surface area (Å²) in [4.78, 5) is 27.7. The minimum Gasteiger partial charge on any atom is -0.479 e. The van der Waals surface area contributed by atoms with Gasteiger partial charge in [-0.05, 0) is 44.7 Å². The first-order chi connectivity index (χ1) is 15.6. The molecule has 0 aliphatic heterocycles. The first-order valence-corrected chi connectivity index (χ1v) is 10.8. The third kappa shape index (κ3) is 7.68. The first-order valence-electron chi connectivity index (χ1n) is 10.8. The van der Waals surface area contributed by atoms with Crippen LogP contribution in [0.15, 0.2) is 36.2 Å². The number of ether oxygens (including phenoxy) is 2. The van der Waals surface area contributed by atoms with Gasteiger partial charge >= 0.3 is 12.1 Å². The van der Waals surface area contributed by atoms with Gasteiger partial charge < -0.3 is 19.1 Å². The topological polar surface area (TPSA) is 90.7 Å². The number of alkyl halides is 3. The Bertz CT molecular complexity index is 1010. The Balaban J connectivity index is 1.43. The van der Waals surface area contributed by atoms with Crippen LogP contribution in [0.4, 0.5) is 13.2 Å². The van der Waals surface area contributed by atoms with E-state index in [0.29, 0.717) is 25.3 Å². The molecule has 2 heterocycles. The SMILES string of the molecule is C/C(=C\CCC(OCC(F)(F)F)C(=O)O)COCCn1ccc2ncc(C(=O)C3CC3)cc21. The summed E-state index contributed by atoms with van der Waals surface area (Å²) in [6.45, 7) is 1.49. The van der Waals surface area contributed by atoms with Crippen molar-refractivity contribution in [2.24, 2.45) is 5.92 Å². The van der Waals surface area contributed by atoms with E-state index < -0.39 is 24.9 Å². The largest absolute Gasteiger partial charge is 0.479 e. The molecule has 0 aromatic carbocycles. The summed E-state index contributed by atoms with van der Waals surface area (Å²) in [5.74, 6) is -1.15. The number of carboxylic acids is 1. The Morgan fingerprint density at radius 2 is 2.12 bits per heavy atom. The van der Waals surface area contributed by atoms with Gasteiger partial charge in [-0.1, -0.05) is 11.6 Å². The zero-order valence-corrected chi connectivity index (χ0v) is 18.3. The molecular formula is C23H27F3N2O5. The van der Waals surface area contributed by atoms with Gasteiger partial charge in [-0.25, -0.2) is 4.79 Å². The van der Waals surface area contributed by atoms with Crippen molar-refractivity contribution >= 4 is 22.8 Å². The fraction of sp³-hybridized carbons (Fsp3) is 0.522. The van der Waals surface area contributed by atoms with Gasteiger partial charge in [-0.3, -0.25) is 9.78 Å². The Hall–Kier alpha value is -2.72. The molecule has 180 valence electrons. The van der Waals surface area contributed by atoms with Gasteiger partial charge in [0, 0.05) is 30.4 Å². The number of carbonyl (C=O) groups is 2. The Morgan fingerprint density at radius 3 is 2.79 bits per heavy atom. The number of aromatic nitrogens is 2. The highest BCUT2D eigenvalue weighted by Crippen LogP contribution is 2.33. The molecule has 0 saturated heterocycles. The summed E-state index contributed by atoms with van der Waals surface area (Å²) >= 11 is 0. The standard InChI is InChI=1S/C23H27F3N2O5/c1-15(3-2-4-20(22(30)31)33-14-23(24,25)26)13-32-10-9-28-8-7-18-19(28)11-17(12-27-18)21(29)16-5-6-16/h3,7-8,11-12,16,20H,2,4-6,9-10,13-14H2,1H3,(H,30,31)/b15-3+. The molecule has 1 aliphatic carbocycles. The molecule has 0 amide bonds. The minimum absolute atomic E-state index is 0.0625. The molecule has 1 unspecified atom stereocenters. The van der Waals surface area contributed by atoms with Crippen molar-refractivity contribution in [1.29, 1.82) is 0 Å². The number of nitrogens with zero attached hydrogens (tertiary/aromatic N) is 2. The lowest BCUT2D eigenvalue weighted by molar-refractivity contribution is -0.192. The summed E-state index contributed by atoms with van der Waals surface area (Å²) in [6, 6.07) is 3.75.